The molecule has 1 aromatic rings. The molecule has 14 heavy (non-hydrogen) atoms. The van der Waals surface area contributed by atoms with Gasteiger partial charge in [0.25, 0.3) is 0 Å². The molecule has 1 aromatic carbocycles. The number of Topliss-reactive ketones (excluding diaryl/α,β-unsaturated/α-hetero) is 1. The number of ketones is 1. The van der Waals surface area contributed by atoms with Gasteiger partial charge < -0.3 is 17.0 Å². The highest BCUT2D eigenvalue weighted by Crippen LogP contribution is 2.10. The fourth-order valence-corrected chi connectivity index (χ4v) is 1.80. The SMILES string of the molecule is C[S+](C)CC(=O)c1ccc(Cl)cc1.[Br-]. The van der Waals surface area contributed by atoms with E-state index in [9.17, 15) is 4.79 Å². The van der Waals surface area contributed by atoms with Crippen LogP contribution in [-0.2, 0) is 10.9 Å². The lowest BCUT2D eigenvalue weighted by molar-refractivity contribution is -0.0000106. The van der Waals surface area contributed by atoms with Gasteiger partial charge in [0.15, 0.2) is 5.75 Å². The van der Waals surface area contributed by atoms with E-state index >= 15 is 0 Å². The first-order chi connectivity index (χ1) is 6.09. The molecule has 0 saturated carbocycles. The van der Waals surface area contributed by atoms with Gasteiger partial charge in [0.2, 0.25) is 5.78 Å². The third-order valence-corrected chi connectivity index (χ3v) is 2.68. The molecule has 0 radical (unpaired) electrons. The molecule has 0 saturated heterocycles. The van der Waals surface area contributed by atoms with Crippen LogP contribution in [0.1, 0.15) is 10.4 Å². The summed E-state index contributed by atoms with van der Waals surface area (Å²) >= 11 is 5.71. The molecular formula is C10H12BrClOS. The van der Waals surface area contributed by atoms with Gasteiger partial charge in [-0.2, -0.15) is 0 Å². The Bertz CT molecular complexity index is 297. The van der Waals surface area contributed by atoms with Crippen LogP contribution in [0.4, 0.5) is 0 Å². The van der Waals surface area contributed by atoms with Gasteiger partial charge in [0, 0.05) is 10.6 Å². The van der Waals surface area contributed by atoms with Gasteiger partial charge in [-0.3, -0.25) is 4.79 Å². The number of benzene rings is 1. The minimum atomic E-state index is 0. The van der Waals surface area contributed by atoms with E-state index in [1.54, 1.807) is 24.3 Å². The smallest absolute Gasteiger partial charge is 0.211 e. The normalized spacial score (nSPS) is 9.71. The lowest BCUT2D eigenvalue weighted by Gasteiger charge is -1.98. The van der Waals surface area contributed by atoms with Gasteiger partial charge in [-0.05, 0) is 35.2 Å². The summed E-state index contributed by atoms with van der Waals surface area (Å²) < 4.78 is 0. The Morgan fingerprint density at radius 2 is 1.79 bits per heavy atom. The summed E-state index contributed by atoms with van der Waals surface area (Å²) in [6, 6.07) is 7.05. The predicted octanol–water partition coefficient (Wildman–Crippen LogP) is -0.595. The van der Waals surface area contributed by atoms with Crippen molar-refractivity contribution in [3.63, 3.8) is 0 Å². The fraction of sp³-hybridized carbons (Fsp3) is 0.300. The zero-order chi connectivity index (χ0) is 9.84. The van der Waals surface area contributed by atoms with Gasteiger partial charge >= 0.3 is 0 Å². The molecule has 0 N–H and O–H groups in total. The lowest BCUT2D eigenvalue weighted by atomic mass is 10.1. The first kappa shape index (κ1) is 14.0. The molecule has 1 rings (SSSR count). The average Bonchev–Trinajstić information content (AvgIpc) is 2.04. The van der Waals surface area contributed by atoms with Crippen LogP contribution in [0.25, 0.3) is 0 Å². The Kier molecular flexibility index (Phi) is 6.49. The Morgan fingerprint density at radius 3 is 2.21 bits per heavy atom. The lowest BCUT2D eigenvalue weighted by Crippen LogP contribution is -3.00. The van der Waals surface area contributed by atoms with Crippen LogP contribution >= 0.6 is 11.6 Å². The molecule has 0 fully saturated rings. The van der Waals surface area contributed by atoms with Crippen molar-refractivity contribution in [3.05, 3.63) is 34.9 Å². The Balaban J connectivity index is 0.00000169. The van der Waals surface area contributed by atoms with Gasteiger partial charge in [0.1, 0.15) is 0 Å². The third-order valence-electron chi connectivity index (χ3n) is 1.59. The largest absolute Gasteiger partial charge is 1.00 e. The molecule has 0 aliphatic carbocycles. The zero-order valence-electron chi connectivity index (χ0n) is 8.09. The fourth-order valence-electron chi connectivity index (χ4n) is 0.981. The molecule has 0 amide bonds. The van der Waals surface area contributed by atoms with Crippen LogP contribution in [0.5, 0.6) is 0 Å². The molecule has 78 valence electrons. The summed E-state index contributed by atoms with van der Waals surface area (Å²) in [5, 5.41) is 0.670. The summed E-state index contributed by atoms with van der Waals surface area (Å²) in [4.78, 5) is 11.5. The molecule has 0 spiro atoms. The van der Waals surface area contributed by atoms with Crippen molar-refractivity contribution in [1.82, 2.24) is 0 Å². The highest BCUT2D eigenvalue weighted by Gasteiger charge is 2.13. The number of carbonyl (C=O) groups excluding carboxylic acids is 1. The molecule has 0 aliphatic heterocycles. The molecule has 4 heteroatoms. The van der Waals surface area contributed by atoms with Gasteiger partial charge in [-0.1, -0.05) is 11.6 Å². The first-order valence-electron chi connectivity index (χ1n) is 3.92. The summed E-state index contributed by atoms with van der Waals surface area (Å²) in [6.45, 7) is 0. The maximum atomic E-state index is 11.5. The van der Waals surface area contributed by atoms with Gasteiger partial charge in [-0.25, -0.2) is 0 Å². The van der Waals surface area contributed by atoms with E-state index in [0.717, 1.165) is 5.56 Å². The average molecular weight is 296 g/mol. The van der Waals surface area contributed by atoms with Crippen molar-refractivity contribution >= 4 is 28.3 Å². The number of hydrogen-bond donors (Lipinski definition) is 0. The van der Waals surface area contributed by atoms with Crippen molar-refractivity contribution in [1.29, 1.82) is 0 Å². The van der Waals surface area contributed by atoms with Crippen LogP contribution in [0.2, 0.25) is 5.02 Å². The predicted molar refractivity (Wildman–Crippen MR) is 59.9 cm³/mol. The molecule has 0 heterocycles. The van der Waals surface area contributed by atoms with Crippen LogP contribution < -0.4 is 17.0 Å². The Hall–Kier alpha value is 0.01000. The second-order valence-corrected chi connectivity index (χ2v) is 5.76. The Labute approximate surface area is 103 Å². The number of hydrogen-bond acceptors (Lipinski definition) is 1. The van der Waals surface area contributed by atoms with E-state index in [4.69, 9.17) is 11.6 Å². The number of rotatable bonds is 3. The summed E-state index contributed by atoms with van der Waals surface area (Å²) in [7, 11) is 0.166. The summed E-state index contributed by atoms with van der Waals surface area (Å²) in [5.74, 6) is 0.826. The van der Waals surface area contributed by atoms with Gasteiger partial charge in [0.05, 0.1) is 12.5 Å². The van der Waals surface area contributed by atoms with E-state index in [2.05, 4.69) is 12.5 Å². The molecule has 0 aliphatic rings. The molecule has 0 bridgehead atoms. The summed E-state index contributed by atoms with van der Waals surface area (Å²) in [6.07, 6.45) is 4.13. The highest BCUT2D eigenvalue weighted by molar-refractivity contribution is 7.96. The first-order valence-corrected chi connectivity index (χ1v) is 6.51. The van der Waals surface area contributed by atoms with E-state index in [-0.39, 0.29) is 33.7 Å². The number of halogens is 2. The zero-order valence-corrected chi connectivity index (χ0v) is 11.2. The quantitative estimate of drug-likeness (QED) is 0.538. The van der Waals surface area contributed by atoms with Crippen molar-refractivity contribution in [2.24, 2.45) is 0 Å². The minimum Gasteiger partial charge on any atom is -1.00 e. The third kappa shape index (κ3) is 4.49. The molecule has 1 nitrogen and oxygen atoms in total. The maximum Gasteiger partial charge on any atom is 0.211 e. The topological polar surface area (TPSA) is 17.1 Å². The highest BCUT2D eigenvalue weighted by atomic mass is 79.9. The second kappa shape index (κ2) is 6.49. The van der Waals surface area contributed by atoms with E-state index in [1.807, 2.05) is 0 Å². The van der Waals surface area contributed by atoms with Gasteiger partial charge in [-0.15, -0.1) is 0 Å². The van der Waals surface area contributed by atoms with Crippen LogP contribution in [0, 0.1) is 0 Å². The maximum absolute atomic E-state index is 11.5. The van der Waals surface area contributed by atoms with Crippen LogP contribution in [0.15, 0.2) is 24.3 Å². The van der Waals surface area contributed by atoms with E-state index < -0.39 is 0 Å². The van der Waals surface area contributed by atoms with Crippen molar-refractivity contribution in [3.8, 4) is 0 Å². The standard InChI is InChI=1S/C10H12ClOS.BrH/c1-13(2)7-10(12)8-3-5-9(11)6-4-8;/h3-6H,7H2,1-2H3;1H/q+1;/p-1. The minimum absolute atomic E-state index is 0. The molecular weight excluding hydrogens is 284 g/mol. The van der Waals surface area contributed by atoms with Crippen molar-refractivity contribution < 1.29 is 21.8 Å². The van der Waals surface area contributed by atoms with Crippen molar-refractivity contribution in [2.75, 3.05) is 18.3 Å². The number of carbonyl (C=O) groups is 1. The monoisotopic (exact) mass is 294 g/mol. The molecule has 0 atom stereocenters. The molecule has 0 unspecified atom stereocenters. The Morgan fingerprint density at radius 1 is 1.29 bits per heavy atom. The van der Waals surface area contributed by atoms with Crippen LogP contribution in [0.3, 0.4) is 0 Å². The van der Waals surface area contributed by atoms with Crippen LogP contribution in [-0.4, -0.2) is 24.0 Å². The molecule has 0 aromatic heterocycles. The second-order valence-electron chi connectivity index (χ2n) is 3.06. The van der Waals surface area contributed by atoms with E-state index in [0.29, 0.717) is 10.8 Å². The van der Waals surface area contributed by atoms with Crippen molar-refractivity contribution in [2.45, 2.75) is 0 Å². The van der Waals surface area contributed by atoms with E-state index in [1.165, 1.54) is 0 Å². The summed E-state index contributed by atoms with van der Waals surface area (Å²) in [5.41, 5.74) is 0.755.